The number of rotatable bonds is 3. The predicted molar refractivity (Wildman–Crippen MR) is 91.6 cm³/mol. The van der Waals surface area contributed by atoms with E-state index in [0.29, 0.717) is 32.2 Å². The third kappa shape index (κ3) is 4.15. The summed E-state index contributed by atoms with van der Waals surface area (Å²) in [6, 6.07) is 6.60. The molecule has 2 aromatic rings. The van der Waals surface area contributed by atoms with Gasteiger partial charge in [-0.1, -0.05) is 58.0 Å². The van der Waals surface area contributed by atoms with Crippen LogP contribution in [-0.4, -0.2) is 10.7 Å². The molecule has 21 heavy (non-hydrogen) atoms. The van der Waals surface area contributed by atoms with Gasteiger partial charge in [0.15, 0.2) is 5.82 Å². The van der Waals surface area contributed by atoms with E-state index in [1.807, 2.05) is 0 Å². The van der Waals surface area contributed by atoms with Crippen LogP contribution in [0, 0.1) is 0 Å². The summed E-state index contributed by atoms with van der Waals surface area (Å²) in [7, 11) is 0. The van der Waals surface area contributed by atoms with E-state index in [-0.39, 0.29) is 10.2 Å². The Bertz CT molecular complexity index is 715. The van der Waals surface area contributed by atoms with Crippen molar-refractivity contribution in [2.24, 2.45) is 5.10 Å². The van der Waals surface area contributed by atoms with Crippen LogP contribution in [0.25, 0.3) is 0 Å². The van der Waals surface area contributed by atoms with Crippen molar-refractivity contribution < 1.29 is 0 Å². The molecule has 0 amide bonds. The van der Waals surface area contributed by atoms with Crippen LogP contribution >= 0.6 is 58.0 Å². The second-order valence-electron chi connectivity index (χ2n) is 4.02. The Balaban J connectivity index is 2.29. The topological polar surface area (TPSA) is 37.3 Å². The zero-order valence-electron chi connectivity index (χ0n) is 10.6. The number of aromatic nitrogens is 1. The van der Waals surface area contributed by atoms with Gasteiger partial charge in [0.1, 0.15) is 5.15 Å². The van der Waals surface area contributed by atoms with Crippen LogP contribution in [0.15, 0.2) is 29.4 Å². The fourth-order valence-electron chi connectivity index (χ4n) is 1.49. The number of pyridine rings is 1. The van der Waals surface area contributed by atoms with Crippen molar-refractivity contribution in [1.29, 1.82) is 0 Å². The van der Waals surface area contributed by atoms with Crippen LogP contribution in [0.3, 0.4) is 0 Å². The van der Waals surface area contributed by atoms with Crippen molar-refractivity contribution in [2.75, 3.05) is 5.43 Å². The van der Waals surface area contributed by atoms with Crippen molar-refractivity contribution in [1.82, 2.24) is 4.98 Å². The number of hydrazone groups is 1. The minimum Gasteiger partial charge on any atom is -0.260 e. The Hall–Kier alpha value is -0.710. The normalized spacial score (nSPS) is 11.6. The second kappa shape index (κ2) is 7.03. The number of hydrogen-bond donors (Lipinski definition) is 1. The lowest BCUT2D eigenvalue weighted by atomic mass is 10.1. The van der Waals surface area contributed by atoms with Gasteiger partial charge in [0.05, 0.1) is 15.8 Å². The first-order valence-electron chi connectivity index (χ1n) is 5.65. The molecule has 0 atom stereocenters. The molecule has 1 N–H and O–H groups in total. The van der Waals surface area contributed by atoms with E-state index < -0.39 is 0 Å². The summed E-state index contributed by atoms with van der Waals surface area (Å²) in [6.45, 7) is 1.77. The average Bonchev–Trinajstić information content (AvgIpc) is 2.43. The highest BCUT2D eigenvalue weighted by atomic mass is 35.5. The molecule has 1 aromatic heterocycles. The average molecular weight is 383 g/mol. The van der Waals surface area contributed by atoms with Crippen LogP contribution in [0.4, 0.5) is 5.82 Å². The van der Waals surface area contributed by atoms with Crippen molar-refractivity contribution in [3.63, 3.8) is 0 Å². The first-order valence-corrected chi connectivity index (χ1v) is 7.54. The lowest BCUT2D eigenvalue weighted by Gasteiger charge is -2.07. The summed E-state index contributed by atoms with van der Waals surface area (Å²) in [5.41, 5.74) is 4.04. The quantitative estimate of drug-likeness (QED) is 0.390. The second-order valence-corrected chi connectivity index (χ2v) is 6.04. The van der Waals surface area contributed by atoms with E-state index in [2.05, 4.69) is 15.5 Å². The summed E-state index contributed by atoms with van der Waals surface area (Å²) in [5, 5.41) is 5.98. The number of halogens is 5. The number of nitrogens with zero attached hydrogens (tertiary/aromatic N) is 2. The maximum atomic E-state index is 6.10. The van der Waals surface area contributed by atoms with Gasteiger partial charge in [0.25, 0.3) is 0 Å². The summed E-state index contributed by atoms with van der Waals surface area (Å²) in [5.74, 6) is 0.295. The zero-order valence-corrected chi connectivity index (χ0v) is 14.4. The van der Waals surface area contributed by atoms with E-state index in [1.165, 1.54) is 6.07 Å². The first-order chi connectivity index (χ1) is 9.88. The highest BCUT2D eigenvalue weighted by Crippen LogP contribution is 2.29. The van der Waals surface area contributed by atoms with Gasteiger partial charge in [-0.15, -0.1) is 0 Å². The molecule has 3 nitrogen and oxygen atoms in total. The molecule has 0 aliphatic heterocycles. The monoisotopic (exact) mass is 381 g/mol. The fraction of sp³-hybridized carbons (Fsp3) is 0.0769. The van der Waals surface area contributed by atoms with Gasteiger partial charge in [-0.25, -0.2) is 4.98 Å². The molecule has 0 radical (unpaired) electrons. The lowest BCUT2D eigenvalue weighted by Crippen LogP contribution is -2.02. The highest BCUT2D eigenvalue weighted by Gasteiger charge is 2.09. The number of hydrogen-bond acceptors (Lipinski definition) is 3. The highest BCUT2D eigenvalue weighted by molar-refractivity contribution is 6.43. The Morgan fingerprint density at radius 3 is 2.43 bits per heavy atom. The molecule has 0 unspecified atom stereocenters. The van der Waals surface area contributed by atoms with E-state index >= 15 is 0 Å². The molecule has 0 saturated carbocycles. The van der Waals surface area contributed by atoms with Crippen molar-refractivity contribution in [3.05, 3.63) is 55.1 Å². The Morgan fingerprint density at radius 1 is 1.00 bits per heavy atom. The molecule has 110 valence electrons. The molecule has 1 heterocycles. The molecular weight excluding hydrogens is 375 g/mol. The van der Waals surface area contributed by atoms with Gasteiger partial charge in [-0.3, -0.25) is 5.43 Å². The zero-order chi connectivity index (χ0) is 15.6. The minimum atomic E-state index is 0.136. The third-order valence-corrected chi connectivity index (χ3v) is 4.06. The molecule has 8 heteroatoms. The minimum absolute atomic E-state index is 0.136. The molecule has 0 saturated heterocycles. The first kappa shape index (κ1) is 16.7. The molecule has 0 fully saturated rings. The van der Waals surface area contributed by atoms with Crippen molar-refractivity contribution in [2.45, 2.75) is 6.92 Å². The molecule has 0 bridgehead atoms. The number of anilines is 1. The number of nitrogens with one attached hydrogen (secondary N) is 1. The van der Waals surface area contributed by atoms with Crippen LogP contribution in [0.1, 0.15) is 12.5 Å². The van der Waals surface area contributed by atoms with Crippen molar-refractivity contribution >= 4 is 69.5 Å². The SMILES string of the molecule is CC(=NNc1nc(Cl)c(Cl)cc1Cl)c1cc(Cl)ccc1Cl. The summed E-state index contributed by atoms with van der Waals surface area (Å²) in [6.07, 6.45) is 0. The maximum absolute atomic E-state index is 6.10. The van der Waals surface area contributed by atoms with E-state index in [9.17, 15) is 0 Å². The van der Waals surface area contributed by atoms with E-state index in [4.69, 9.17) is 58.0 Å². The molecular formula is C13H8Cl5N3. The third-order valence-electron chi connectivity index (χ3n) is 2.53. The van der Waals surface area contributed by atoms with Gasteiger partial charge in [0, 0.05) is 15.6 Å². The van der Waals surface area contributed by atoms with Gasteiger partial charge in [0.2, 0.25) is 0 Å². The molecule has 1 aromatic carbocycles. The maximum Gasteiger partial charge on any atom is 0.166 e. The largest absolute Gasteiger partial charge is 0.260 e. The lowest BCUT2D eigenvalue weighted by molar-refractivity contribution is 1.22. The molecule has 0 aliphatic rings. The molecule has 0 aliphatic carbocycles. The smallest absolute Gasteiger partial charge is 0.166 e. The molecule has 2 rings (SSSR count). The standard InChI is InChI=1S/C13H8Cl5N3/c1-6(8-4-7(14)2-3-9(8)15)20-21-13-11(17)5-10(16)12(18)19-13/h2-5H,1H3,(H,19,21). The van der Waals surface area contributed by atoms with E-state index in [1.54, 1.807) is 25.1 Å². The Morgan fingerprint density at radius 2 is 1.71 bits per heavy atom. The Kier molecular flexibility index (Phi) is 5.58. The van der Waals surface area contributed by atoms with Crippen LogP contribution in [0.5, 0.6) is 0 Å². The van der Waals surface area contributed by atoms with Crippen LogP contribution < -0.4 is 5.43 Å². The molecule has 0 spiro atoms. The summed E-state index contributed by atoms with van der Waals surface area (Å²) >= 11 is 29.7. The van der Waals surface area contributed by atoms with Crippen LogP contribution in [0.2, 0.25) is 25.2 Å². The van der Waals surface area contributed by atoms with Gasteiger partial charge in [-0.2, -0.15) is 5.10 Å². The van der Waals surface area contributed by atoms with Gasteiger partial charge >= 0.3 is 0 Å². The van der Waals surface area contributed by atoms with Gasteiger partial charge < -0.3 is 0 Å². The van der Waals surface area contributed by atoms with Crippen LogP contribution in [-0.2, 0) is 0 Å². The van der Waals surface area contributed by atoms with E-state index in [0.717, 1.165) is 0 Å². The predicted octanol–water partition coefficient (Wildman–Crippen LogP) is 6.18. The summed E-state index contributed by atoms with van der Waals surface area (Å²) < 4.78 is 0. The fourth-order valence-corrected chi connectivity index (χ4v) is 2.46. The Labute approximate surface area is 146 Å². The van der Waals surface area contributed by atoms with Crippen molar-refractivity contribution in [3.8, 4) is 0 Å². The number of benzene rings is 1. The van der Waals surface area contributed by atoms with Gasteiger partial charge in [-0.05, 0) is 31.2 Å². The summed E-state index contributed by atoms with van der Waals surface area (Å²) in [4.78, 5) is 4.00.